The Kier molecular flexibility index (Phi) is 11.5. The Morgan fingerprint density at radius 3 is 2.00 bits per heavy atom. The second-order valence-corrected chi connectivity index (χ2v) is 13.1. The molecular formula is C33H40ClN3O6S. The van der Waals surface area contributed by atoms with Crippen molar-refractivity contribution in [3.05, 3.63) is 83.4 Å². The van der Waals surface area contributed by atoms with Gasteiger partial charge >= 0.3 is 0 Å². The highest BCUT2D eigenvalue weighted by atomic mass is 35.5. The van der Waals surface area contributed by atoms with E-state index < -0.39 is 28.5 Å². The summed E-state index contributed by atoms with van der Waals surface area (Å²) in [6, 6.07) is 18.7. The molecule has 0 heterocycles. The van der Waals surface area contributed by atoms with Crippen LogP contribution in [0.3, 0.4) is 0 Å². The van der Waals surface area contributed by atoms with Crippen LogP contribution in [-0.4, -0.2) is 58.0 Å². The topological polar surface area (TPSA) is 105 Å². The first kappa shape index (κ1) is 33.1. The number of ether oxygens (including phenoxy) is 2. The molecule has 1 aliphatic rings. The van der Waals surface area contributed by atoms with Crippen LogP contribution in [0.1, 0.15) is 51.0 Å². The predicted octanol–water partition coefficient (Wildman–Crippen LogP) is 5.81. The van der Waals surface area contributed by atoms with Crippen LogP contribution >= 0.6 is 11.6 Å². The van der Waals surface area contributed by atoms with Gasteiger partial charge < -0.3 is 19.7 Å². The molecule has 44 heavy (non-hydrogen) atoms. The van der Waals surface area contributed by atoms with E-state index in [1.807, 2.05) is 19.1 Å². The summed E-state index contributed by atoms with van der Waals surface area (Å²) in [6.45, 7) is 1.43. The molecule has 0 unspecified atom stereocenters. The maximum Gasteiger partial charge on any atom is 0.264 e. The standard InChI is InChI=1S/C33H40ClN3O6S/c1-4-31(33(39)35-26-8-6-5-7-9-26)36(22-24-10-16-28(42-2)17-11-24)32(38)23-37(27-14-12-25(34)13-15-27)44(40,41)30-20-18-29(43-3)19-21-30/h10-21,26,31H,4-9,22-23H2,1-3H3,(H,35,39)/t31-/m0/s1. The first-order chi connectivity index (χ1) is 21.2. The fourth-order valence-electron chi connectivity index (χ4n) is 5.40. The largest absolute Gasteiger partial charge is 0.497 e. The molecule has 1 aliphatic carbocycles. The SMILES string of the molecule is CC[C@@H](C(=O)NC1CCCCC1)N(Cc1ccc(OC)cc1)C(=O)CN(c1ccc(Cl)cc1)S(=O)(=O)c1ccc(OC)cc1. The number of methoxy groups -OCH3 is 2. The first-order valence-corrected chi connectivity index (χ1v) is 16.6. The Hall–Kier alpha value is -3.76. The van der Waals surface area contributed by atoms with Crippen LogP contribution in [0.2, 0.25) is 5.02 Å². The molecular weight excluding hydrogens is 602 g/mol. The van der Waals surface area contributed by atoms with Crippen LogP contribution in [0.4, 0.5) is 5.69 Å². The van der Waals surface area contributed by atoms with Gasteiger partial charge in [0, 0.05) is 17.6 Å². The molecule has 1 atom stereocenters. The highest BCUT2D eigenvalue weighted by Crippen LogP contribution is 2.28. The number of halogens is 1. The van der Waals surface area contributed by atoms with E-state index in [0.717, 1.165) is 42.0 Å². The molecule has 2 amide bonds. The zero-order valence-corrected chi connectivity index (χ0v) is 26.9. The van der Waals surface area contributed by atoms with Crippen LogP contribution in [0.15, 0.2) is 77.7 Å². The fourth-order valence-corrected chi connectivity index (χ4v) is 6.94. The molecule has 0 bridgehead atoms. The number of carbonyl (C=O) groups is 2. The van der Waals surface area contributed by atoms with Crippen molar-refractivity contribution in [1.29, 1.82) is 0 Å². The highest BCUT2D eigenvalue weighted by molar-refractivity contribution is 7.92. The summed E-state index contributed by atoms with van der Waals surface area (Å²) >= 11 is 6.11. The predicted molar refractivity (Wildman–Crippen MR) is 172 cm³/mol. The van der Waals surface area contributed by atoms with Crippen molar-refractivity contribution in [2.24, 2.45) is 0 Å². The number of anilines is 1. The minimum absolute atomic E-state index is 0.00941. The van der Waals surface area contributed by atoms with Crippen molar-refractivity contribution in [3.63, 3.8) is 0 Å². The molecule has 0 aliphatic heterocycles. The fraction of sp³-hybridized carbons (Fsp3) is 0.394. The zero-order valence-electron chi connectivity index (χ0n) is 25.4. The van der Waals surface area contributed by atoms with Gasteiger partial charge in [-0.2, -0.15) is 0 Å². The van der Waals surface area contributed by atoms with Crippen molar-refractivity contribution in [1.82, 2.24) is 10.2 Å². The van der Waals surface area contributed by atoms with Crippen LogP contribution in [0.5, 0.6) is 11.5 Å². The molecule has 3 aromatic rings. The number of nitrogens with zero attached hydrogens (tertiary/aromatic N) is 2. The van der Waals surface area contributed by atoms with E-state index in [0.29, 0.717) is 22.9 Å². The van der Waals surface area contributed by atoms with Crippen LogP contribution in [0.25, 0.3) is 0 Å². The molecule has 0 radical (unpaired) electrons. The lowest BCUT2D eigenvalue weighted by Crippen LogP contribution is -2.54. The third-order valence-corrected chi connectivity index (χ3v) is 9.93. The van der Waals surface area contributed by atoms with Gasteiger partial charge in [-0.15, -0.1) is 0 Å². The molecule has 0 spiro atoms. The van der Waals surface area contributed by atoms with E-state index in [1.54, 1.807) is 55.6 Å². The third kappa shape index (κ3) is 8.24. The van der Waals surface area contributed by atoms with E-state index in [-0.39, 0.29) is 29.1 Å². The summed E-state index contributed by atoms with van der Waals surface area (Å²) in [5, 5.41) is 3.58. The molecule has 1 N–H and O–H groups in total. The van der Waals surface area contributed by atoms with Gasteiger partial charge in [-0.1, -0.05) is 49.9 Å². The van der Waals surface area contributed by atoms with E-state index in [1.165, 1.54) is 24.1 Å². The van der Waals surface area contributed by atoms with Gasteiger partial charge in [0.1, 0.15) is 24.1 Å². The number of carbonyl (C=O) groups excluding carboxylic acids is 2. The van der Waals surface area contributed by atoms with Gasteiger partial charge in [0.25, 0.3) is 10.0 Å². The summed E-state index contributed by atoms with van der Waals surface area (Å²) in [6.07, 6.45) is 5.41. The van der Waals surface area contributed by atoms with Crippen molar-refractivity contribution < 1.29 is 27.5 Å². The Bertz CT molecular complexity index is 1490. The minimum atomic E-state index is -4.21. The van der Waals surface area contributed by atoms with Gasteiger partial charge in [-0.3, -0.25) is 13.9 Å². The molecule has 1 fully saturated rings. The van der Waals surface area contributed by atoms with Gasteiger partial charge in [0.15, 0.2) is 0 Å². The summed E-state index contributed by atoms with van der Waals surface area (Å²) in [5.74, 6) is 0.405. The quantitative estimate of drug-likeness (QED) is 0.253. The molecule has 4 rings (SSSR count). The number of sulfonamides is 1. The second-order valence-electron chi connectivity index (χ2n) is 10.8. The summed E-state index contributed by atoms with van der Waals surface area (Å²) < 4.78 is 39.6. The van der Waals surface area contributed by atoms with Crippen LogP contribution in [0, 0.1) is 0 Å². The summed E-state index contributed by atoms with van der Waals surface area (Å²) in [5.41, 5.74) is 1.04. The molecule has 236 valence electrons. The number of hydrogen-bond donors (Lipinski definition) is 1. The van der Waals surface area contributed by atoms with Crippen molar-refractivity contribution in [2.75, 3.05) is 25.1 Å². The Morgan fingerprint density at radius 1 is 0.886 bits per heavy atom. The molecule has 0 saturated heterocycles. The number of benzene rings is 3. The Morgan fingerprint density at radius 2 is 1.45 bits per heavy atom. The Labute approximate surface area is 265 Å². The van der Waals surface area contributed by atoms with E-state index >= 15 is 0 Å². The van der Waals surface area contributed by atoms with E-state index in [4.69, 9.17) is 21.1 Å². The maximum absolute atomic E-state index is 14.3. The van der Waals surface area contributed by atoms with E-state index in [9.17, 15) is 18.0 Å². The number of nitrogens with one attached hydrogen (secondary N) is 1. The smallest absolute Gasteiger partial charge is 0.264 e. The summed E-state index contributed by atoms with van der Waals surface area (Å²) in [4.78, 5) is 29.4. The highest BCUT2D eigenvalue weighted by Gasteiger charge is 2.34. The van der Waals surface area contributed by atoms with Crippen LogP contribution in [-0.2, 0) is 26.2 Å². The van der Waals surface area contributed by atoms with Gasteiger partial charge in [0.2, 0.25) is 11.8 Å². The molecule has 9 nitrogen and oxygen atoms in total. The lowest BCUT2D eigenvalue weighted by molar-refractivity contribution is -0.140. The van der Waals surface area contributed by atoms with Gasteiger partial charge in [-0.25, -0.2) is 8.42 Å². The summed E-state index contributed by atoms with van der Waals surface area (Å²) in [7, 11) is -1.14. The lowest BCUT2D eigenvalue weighted by Gasteiger charge is -2.34. The molecule has 3 aromatic carbocycles. The number of amides is 2. The molecule has 1 saturated carbocycles. The molecule has 0 aromatic heterocycles. The van der Waals surface area contributed by atoms with Crippen molar-refractivity contribution in [2.45, 2.75) is 69.0 Å². The Balaban J connectivity index is 1.70. The van der Waals surface area contributed by atoms with Crippen LogP contribution < -0.4 is 19.1 Å². The van der Waals surface area contributed by atoms with Gasteiger partial charge in [-0.05, 0) is 85.5 Å². The van der Waals surface area contributed by atoms with E-state index in [2.05, 4.69) is 5.32 Å². The normalized spacial score (nSPS) is 14.4. The average Bonchev–Trinajstić information content (AvgIpc) is 3.04. The maximum atomic E-state index is 14.3. The average molecular weight is 642 g/mol. The minimum Gasteiger partial charge on any atom is -0.497 e. The number of hydrogen-bond acceptors (Lipinski definition) is 6. The first-order valence-electron chi connectivity index (χ1n) is 14.8. The second kappa shape index (κ2) is 15.3. The van der Waals surface area contributed by atoms with Crippen molar-refractivity contribution in [3.8, 4) is 11.5 Å². The zero-order chi connectivity index (χ0) is 31.7. The van der Waals surface area contributed by atoms with Crippen molar-refractivity contribution >= 4 is 39.1 Å². The number of rotatable bonds is 13. The third-order valence-electron chi connectivity index (χ3n) is 7.89. The lowest BCUT2D eigenvalue weighted by atomic mass is 9.95. The monoisotopic (exact) mass is 641 g/mol. The molecule has 11 heteroatoms. The van der Waals surface area contributed by atoms with Gasteiger partial charge in [0.05, 0.1) is 24.8 Å².